The van der Waals surface area contributed by atoms with E-state index in [0.717, 1.165) is 48.4 Å². The molecule has 10 heteroatoms. The highest BCUT2D eigenvalue weighted by Gasteiger charge is 2.26. The monoisotopic (exact) mass is 489 g/mol. The second-order valence-corrected chi connectivity index (χ2v) is 8.98. The average Bonchev–Trinajstić information content (AvgIpc) is 3.56. The van der Waals surface area contributed by atoms with E-state index in [1.165, 1.54) is 0 Å². The number of nitrogens with one attached hydrogen (secondary N) is 2. The van der Waals surface area contributed by atoms with Gasteiger partial charge in [-0.25, -0.2) is 9.31 Å². The molecule has 188 valence electrons. The molecule has 4 heterocycles. The second kappa shape index (κ2) is 10.4. The Hall–Kier alpha value is -3.92. The highest BCUT2D eigenvalue weighted by molar-refractivity contribution is 5.94. The first kappa shape index (κ1) is 23.8. The summed E-state index contributed by atoms with van der Waals surface area (Å²) in [5, 5.41) is 11.1. The van der Waals surface area contributed by atoms with Gasteiger partial charge in [-0.15, -0.1) is 5.10 Å². The van der Waals surface area contributed by atoms with E-state index < -0.39 is 0 Å². The third-order valence-electron chi connectivity index (χ3n) is 6.72. The minimum absolute atomic E-state index is 0.0528. The number of fused-ring (bicyclic) bond motifs is 1. The quantitative estimate of drug-likeness (QED) is 0.548. The van der Waals surface area contributed by atoms with Crippen molar-refractivity contribution in [2.45, 2.75) is 25.8 Å². The summed E-state index contributed by atoms with van der Waals surface area (Å²) in [6.07, 6.45) is 5.32. The van der Waals surface area contributed by atoms with Gasteiger partial charge in [-0.3, -0.25) is 4.79 Å². The first-order valence-corrected chi connectivity index (χ1v) is 12.4. The molecule has 1 fully saturated rings. The normalized spacial score (nSPS) is 17.8. The molecule has 0 aliphatic carbocycles. The van der Waals surface area contributed by atoms with Gasteiger partial charge in [-0.1, -0.05) is 6.08 Å². The summed E-state index contributed by atoms with van der Waals surface area (Å²) in [5.74, 6) is 0.527. The lowest BCUT2D eigenvalue weighted by Crippen LogP contribution is -2.35. The lowest BCUT2D eigenvalue weighted by atomic mass is 10.0. The van der Waals surface area contributed by atoms with E-state index in [1.54, 1.807) is 9.42 Å². The predicted molar refractivity (Wildman–Crippen MR) is 137 cm³/mol. The molecular formula is C26H31N7O3. The molecule has 0 bridgehead atoms. The summed E-state index contributed by atoms with van der Waals surface area (Å²) < 4.78 is 6.86. The molecular weight excluding hydrogens is 458 g/mol. The molecule has 3 aromatic rings. The maximum atomic E-state index is 12.8. The van der Waals surface area contributed by atoms with Crippen molar-refractivity contribution in [3.8, 4) is 0 Å². The number of aromatic nitrogens is 3. The molecule has 2 aromatic heterocycles. The number of hydrogen-bond acceptors (Lipinski definition) is 7. The molecule has 2 aliphatic heterocycles. The summed E-state index contributed by atoms with van der Waals surface area (Å²) in [4.78, 5) is 33.1. The Balaban J connectivity index is 1.28. The highest BCUT2D eigenvalue weighted by atomic mass is 16.6. The Morgan fingerprint density at radius 1 is 1.14 bits per heavy atom. The van der Waals surface area contributed by atoms with Crippen LogP contribution in [0, 0.1) is 0 Å². The van der Waals surface area contributed by atoms with Crippen molar-refractivity contribution < 1.29 is 14.3 Å². The Labute approximate surface area is 209 Å². The number of likely N-dealkylation sites (tertiary alicyclic amines) is 1. The number of hydrogen-bond donors (Lipinski definition) is 2. The van der Waals surface area contributed by atoms with Gasteiger partial charge in [0.25, 0.3) is 5.91 Å². The van der Waals surface area contributed by atoms with Crippen LogP contribution < -0.4 is 10.6 Å². The molecule has 1 aromatic carbocycles. The standard InChI is InChI=1S/C26H31N7O3/c1-3-36-26(35)31-14-10-18(11-15-31)22-5-4-13-33-23(22)29-25(30-33)28-20-8-6-19(7-9-20)24(34)32-16-12-21(17-32)27-2/h4-10,13,21,27H,3,11-12,14-17H2,1-2H3,(H,28,30). The number of rotatable bonds is 6. The fourth-order valence-electron chi connectivity index (χ4n) is 4.69. The lowest BCUT2D eigenvalue weighted by molar-refractivity contribution is 0.0789. The first-order valence-electron chi connectivity index (χ1n) is 12.4. The van der Waals surface area contributed by atoms with E-state index in [4.69, 9.17) is 9.72 Å². The number of carbonyl (C=O) groups is 2. The second-order valence-electron chi connectivity index (χ2n) is 8.98. The van der Waals surface area contributed by atoms with Crippen LogP contribution in [0.25, 0.3) is 11.2 Å². The van der Waals surface area contributed by atoms with E-state index in [9.17, 15) is 9.59 Å². The number of amides is 2. The summed E-state index contributed by atoms with van der Waals surface area (Å²) in [6, 6.07) is 11.7. The smallest absolute Gasteiger partial charge is 0.410 e. The van der Waals surface area contributed by atoms with Crippen LogP contribution >= 0.6 is 0 Å². The first-order chi connectivity index (χ1) is 17.6. The summed E-state index contributed by atoms with van der Waals surface area (Å²) in [7, 11) is 1.93. The Kier molecular flexibility index (Phi) is 6.86. The molecule has 0 spiro atoms. The van der Waals surface area contributed by atoms with Gasteiger partial charge in [0.2, 0.25) is 5.95 Å². The summed E-state index contributed by atoms with van der Waals surface area (Å²) in [6.45, 7) is 4.79. The molecule has 0 saturated carbocycles. The zero-order valence-electron chi connectivity index (χ0n) is 20.6. The minimum Gasteiger partial charge on any atom is -0.450 e. The van der Waals surface area contributed by atoms with Crippen molar-refractivity contribution in [2.75, 3.05) is 45.2 Å². The topological polar surface area (TPSA) is 104 Å². The van der Waals surface area contributed by atoms with E-state index in [1.807, 2.05) is 67.5 Å². The van der Waals surface area contributed by atoms with Gasteiger partial charge in [-0.05, 0) is 68.8 Å². The third-order valence-corrected chi connectivity index (χ3v) is 6.72. The van der Waals surface area contributed by atoms with Gasteiger partial charge in [0, 0.05) is 55.2 Å². The van der Waals surface area contributed by atoms with Gasteiger partial charge >= 0.3 is 6.09 Å². The van der Waals surface area contributed by atoms with Gasteiger partial charge in [0.05, 0.1) is 6.61 Å². The summed E-state index contributed by atoms with van der Waals surface area (Å²) >= 11 is 0. The molecule has 2 N–H and O–H groups in total. The van der Waals surface area contributed by atoms with Crippen molar-refractivity contribution in [1.29, 1.82) is 0 Å². The fourth-order valence-corrected chi connectivity index (χ4v) is 4.69. The Bertz CT molecular complexity index is 1280. The molecule has 2 amide bonds. The SMILES string of the molecule is CCOC(=O)N1CC=C(c2cccn3nc(Nc4ccc(C(=O)N5CCC(NC)C5)cc4)nc23)CC1. The van der Waals surface area contributed by atoms with Crippen LogP contribution in [-0.4, -0.2) is 82.3 Å². The van der Waals surface area contributed by atoms with Gasteiger partial charge < -0.3 is 25.2 Å². The molecule has 1 saturated heterocycles. The number of benzene rings is 1. The average molecular weight is 490 g/mol. The molecule has 2 aliphatic rings. The van der Waals surface area contributed by atoms with Crippen molar-refractivity contribution in [1.82, 2.24) is 29.7 Å². The Morgan fingerprint density at radius 2 is 1.97 bits per heavy atom. The van der Waals surface area contributed by atoms with Crippen LogP contribution in [0.2, 0.25) is 0 Å². The molecule has 1 unspecified atom stereocenters. The van der Waals surface area contributed by atoms with Crippen LogP contribution in [0.1, 0.15) is 35.7 Å². The fraction of sp³-hybridized carbons (Fsp3) is 0.385. The summed E-state index contributed by atoms with van der Waals surface area (Å²) in [5.41, 5.74) is 4.35. The number of carbonyl (C=O) groups excluding carboxylic acids is 2. The number of nitrogens with zero attached hydrogens (tertiary/aromatic N) is 5. The van der Waals surface area contributed by atoms with Crippen molar-refractivity contribution in [3.05, 3.63) is 59.8 Å². The zero-order valence-corrected chi connectivity index (χ0v) is 20.6. The van der Waals surface area contributed by atoms with Crippen LogP contribution in [0.5, 0.6) is 0 Å². The van der Waals surface area contributed by atoms with Crippen molar-refractivity contribution in [2.24, 2.45) is 0 Å². The molecule has 36 heavy (non-hydrogen) atoms. The highest BCUT2D eigenvalue weighted by Crippen LogP contribution is 2.27. The van der Waals surface area contributed by atoms with Gasteiger partial charge in [-0.2, -0.15) is 4.98 Å². The number of pyridine rings is 1. The molecule has 1 atom stereocenters. The van der Waals surface area contributed by atoms with Crippen molar-refractivity contribution >= 4 is 34.9 Å². The van der Waals surface area contributed by atoms with E-state index in [2.05, 4.69) is 15.7 Å². The number of ether oxygens (including phenoxy) is 1. The van der Waals surface area contributed by atoms with E-state index >= 15 is 0 Å². The zero-order chi connectivity index (χ0) is 25.1. The molecule has 5 rings (SSSR count). The number of likely N-dealkylation sites (N-methyl/N-ethyl adjacent to an activating group) is 1. The molecule has 10 nitrogen and oxygen atoms in total. The third kappa shape index (κ3) is 4.90. The minimum atomic E-state index is -0.282. The van der Waals surface area contributed by atoms with Crippen LogP contribution in [0.3, 0.4) is 0 Å². The number of anilines is 2. The van der Waals surface area contributed by atoms with Crippen LogP contribution in [0.15, 0.2) is 48.7 Å². The largest absolute Gasteiger partial charge is 0.450 e. The van der Waals surface area contributed by atoms with Crippen LogP contribution in [-0.2, 0) is 4.74 Å². The molecule has 0 radical (unpaired) electrons. The van der Waals surface area contributed by atoms with E-state index in [0.29, 0.717) is 37.3 Å². The van der Waals surface area contributed by atoms with E-state index in [-0.39, 0.29) is 12.0 Å². The predicted octanol–water partition coefficient (Wildman–Crippen LogP) is 3.15. The van der Waals surface area contributed by atoms with Gasteiger partial charge in [0.15, 0.2) is 5.65 Å². The lowest BCUT2D eigenvalue weighted by Gasteiger charge is -2.25. The maximum Gasteiger partial charge on any atom is 0.410 e. The Morgan fingerprint density at radius 3 is 2.67 bits per heavy atom. The van der Waals surface area contributed by atoms with Gasteiger partial charge in [0.1, 0.15) is 0 Å². The van der Waals surface area contributed by atoms with Crippen molar-refractivity contribution in [3.63, 3.8) is 0 Å². The maximum absolute atomic E-state index is 12.8. The van der Waals surface area contributed by atoms with Crippen LogP contribution in [0.4, 0.5) is 16.4 Å².